The Labute approximate surface area is 116 Å². The van der Waals surface area contributed by atoms with Crippen molar-refractivity contribution in [2.45, 2.75) is 32.7 Å². The van der Waals surface area contributed by atoms with Gasteiger partial charge in [0.15, 0.2) is 0 Å². The highest BCUT2D eigenvalue weighted by molar-refractivity contribution is 5.60. The highest BCUT2D eigenvalue weighted by Gasteiger charge is 2.16. The van der Waals surface area contributed by atoms with E-state index in [1.165, 1.54) is 24.8 Å². The molecule has 0 radical (unpaired) electrons. The lowest BCUT2D eigenvalue weighted by atomic mass is 10.0. The van der Waals surface area contributed by atoms with E-state index in [0.29, 0.717) is 0 Å². The molecular formula is C16H23N3. The van der Waals surface area contributed by atoms with Crippen molar-refractivity contribution in [1.29, 1.82) is 5.26 Å². The summed E-state index contributed by atoms with van der Waals surface area (Å²) in [7, 11) is 1.93. The van der Waals surface area contributed by atoms with Crippen molar-refractivity contribution < 1.29 is 0 Å². The third-order valence-corrected chi connectivity index (χ3v) is 3.92. The summed E-state index contributed by atoms with van der Waals surface area (Å²) in [5.74, 6) is 0.805. The molecule has 1 aromatic carbocycles. The van der Waals surface area contributed by atoms with Crippen molar-refractivity contribution in [2.75, 3.05) is 25.0 Å². The second-order valence-electron chi connectivity index (χ2n) is 5.52. The van der Waals surface area contributed by atoms with Crippen LogP contribution in [-0.4, -0.2) is 20.1 Å². The molecule has 0 saturated carbocycles. The predicted octanol–water partition coefficient (Wildman–Crippen LogP) is 2.90. The summed E-state index contributed by atoms with van der Waals surface area (Å²) in [6, 6.07) is 8.61. The molecule has 1 N–H and O–H groups in total. The molecule has 0 amide bonds. The summed E-state index contributed by atoms with van der Waals surface area (Å²) in [4.78, 5) is 2.38. The maximum Gasteiger partial charge on any atom is 0.101 e. The van der Waals surface area contributed by atoms with Crippen LogP contribution in [0, 0.1) is 17.2 Å². The number of rotatable bonds is 3. The van der Waals surface area contributed by atoms with Gasteiger partial charge in [-0.2, -0.15) is 5.26 Å². The monoisotopic (exact) mass is 257 g/mol. The number of anilines is 1. The molecular weight excluding hydrogens is 234 g/mol. The Hall–Kier alpha value is -1.53. The van der Waals surface area contributed by atoms with Crippen molar-refractivity contribution in [3.05, 3.63) is 29.3 Å². The van der Waals surface area contributed by atoms with Crippen LogP contribution in [0.4, 0.5) is 5.69 Å². The van der Waals surface area contributed by atoms with Crippen LogP contribution in [0.25, 0.3) is 0 Å². The van der Waals surface area contributed by atoms with Crippen LogP contribution < -0.4 is 10.2 Å². The predicted molar refractivity (Wildman–Crippen MR) is 79.1 cm³/mol. The van der Waals surface area contributed by atoms with Crippen LogP contribution in [0.5, 0.6) is 0 Å². The van der Waals surface area contributed by atoms with Gasteiger partial charge < -0.3 is 10.2 Å². The van der Waals surface area contributed by atoms with Crippen LogP contribution in [0.1, 0.15) is 37.3 Å². The van der Waals surface area contributed by atoms with Crippen molar-refractivity contribution in [3.8, 4) is 6.07 Å². The summed E-state index contributed by atoms with van der Waals surface area (Å²) >= 11 is 0. The number of nitriles is 1. The topological polar surface area (TPSA) is 39.1 Å². The van der Waals surface area contributed by atoms with Gasteiger partial charge in [0.05, 0.1) is 11.3 Å². The maximum absolute atomic E-state index is 9.37. The van der Waals surface area contributed by atoms with E-state index in [4.69, 9.17) is 0 Å². The highest BCUT2D eigenvalue weighted by atomic mass is 15.1. The molecule has 0 aromatic heterocycles. The van der Waals surface area contributed by atoms with E-state index in [9.17, 15) is 5.26 Å². The van der Waals surface area contributed by atoms with E-state index in [0.717, 1.165) is 36.8 Å². The van der Waals surface area contributed by atoms with Gasteiger partial charge in [-0.1, -0.05) is 13.0 Å². The molecule has 1 aliphatic rings. The first-order chi connectivity index (χ1) is 9.24. The largest absolute Gasteiger partial charge is 0.370 e. The molecule has 1 atom stereocenters. The fourth-order valence-electron chi connectivity index (χ4n) is 2.77. The molecule has 1 aliphatic heterocycles. The number of benzene rings is 1. The maximum atomic E-state index is 9.37. The lowest BCUT2D eigenvalue weighted by Crippen LogP contribution is -2.25. The van der Waals surface area contributed by atoms with Crippen LogP contribution in [0.15, 0.2) is 18.2 Å². The van der Waals surface area contributed by atoms with Gasteiger partial charge in [-0.15, -0.1) is 0 Å². The zero-order chi connectivity index (χ0) is 13.7. The highest BCUT2D eigenvalue weighted by Crippen LogP contribution is 2.26. The van der Waals surface area contributed by atoms with Gasteiger partial charge in [0, 0.05) is 19.6 Å². The molecule has 19 heavy (non-hydrogen) atoms. The number of nitrogens with zero attached hydrogens (tertiary/aromatic N) is 2. The van der Waals surface area contributed by atoms with Gasteiger partial charge >= 0.3 is 0 Å². The van der Waals surface area contributed by atoms with E-state index in [-0.39, 0.29) is 0 Å². The Morgan fingerprint density at radius 3 is 2.95 bits per heavy atom. The standard InChI is InChI=1S/C16H23N3/c1-13-4-3-8-19(9-7-13)16-6-5-14(12-18-2)10-15(16)11-17/h5-6,10,13,18H,3-4,7-9,12H2,1-2H3. The molecule has 1 fully saturated rings. The van der Waals surface area contributed by atoms with Gasteiger partial charge in [-0.05, 0) is 49.9 Å². The average molecular weight is 257 g/mol. The Balaban J connectivity index is 2.21. The van der Waals surface area contributed by atoms with Crippen molar-refractivity contribution in [2.24, 2.45) is 5.92 Å². The fourth-order valence-corrected chi connectivity index (χ4v) is 2.77. The van der Waals surface area contributed by atoms with Gasteiger partial charge in [0.1, 0.15) is 6.07 Å². The second kappa shape index (κ2) is 6.58. The normalized spacial score (nSPS) is 19.8. The molecule has 3 nitrogen and oxygen atoms in total. The summed E-state index contributed by atoms with van der Waals surface area (Å²) < 4.78 is 0. The quantitative estimate of drug-likeness (QED) is 0.905. The Kier molecular flexibility index (Phi) is 4.81. The first-order valence-electron chi connectivity index (χ1n) is 7.17. The Bertz CT molecular complexity index is 462. The molecule has 1 unspecified atom stereocenters. The minimum absolute atomic E-state index is 0.805. The molecule has 2 rings (SSSR count). The van der Waals surface area contributed by atoms with E-state index in [2.05, 4.69) is 35.3 Å². The summed E-state index contributed by atoms with van der Waals surface area (Å²) in [5.41, 5.74) is 3.09. The number of hydrogen-bond acceptors (Lipinski definition) is 3. The third-order valence-electron chi connectivity index (χ3n) is 3.92. The van der Waals surface area contributed by atoms with E-state index < -0.39 is 0 Å². The summed E-state index contributed by atoms with van der Waals surface area (Å²) in [5, 5.41) is 12.5. The van der Waals surface area contributed by atoms with E-state index >= 15 is 0 Å². The number of hydrogen-bond donors (Lipinski definition) is 1. The smallest absolute Gasteiger partial charge is 0.101 e. The lowest BCUT2D eigenvalue weighted by molar-refractivity contribution is 0.521. The zero-order valence-corrected chi connectivity index (χ0v) is 11.9. The van der Waals surface area contributed by atoms with Crippen LogP contribution in [0.3, 0.4) is 0 Å². The summed E-state index contributed by atoms with van der Waals surface area (Å²) in [6.07, 6.45) is 3.75. The molecule has 0 bridgehead atoms. The van der Waals surface area contributed by atoms with Gasteiger partial charge in [-0.25, -0.2) is 0 Å². The Morgan fingerprint density at radius 1 is 1.37 bits per heavy atom. The second-order valence-corrected chi connectivity index (χ2v) is 5.52. The molecule has 3 heteroatoms. The summed E-state index contributed by atoms with van der Waals surface area (Å²) in [6.45, 7) is 5.28. The molecule has 1 heterocycles. The van der Waals surface area contributed by atoms with Crippen LogP contribution in [-0.2, 0) is 6.54 Å². The van der Waals surface area contributed by atoms with Gasteiger partial charge in [0.25, 0.3) is 0 Å². The zero-order valence-electron chi connectivity index (χ0n) is 11.9. The van der Waals surface area contributed by atoms with E-state index in [1.54, 1.807) is 0 Å². The van der Waals surface area contributed by atoms with Gasteiger partial charge in [-0.3, -0.25) is 0 Å². The first kappa shape index (κ1) is 13.9. The Morgan fingerprint density at radius 2 is 2.21 bits per heavy atom. The van der Waals surface area contributed by atoms with E-state index in [1.807, 2.05) is 13.1 Å². The third kappa shape index (κ3) is 3.48. The molecule has 0 aliphatic carbocycles. The van der Waals surface area contributed by atoms with Crippen molar-refractivity contribution in [1.82, 2.24) is 5.32 Å². The molecule has 102 valence electrons. The lowest BCUT2D eigenvalue weighted by Gasteiger charge is -2.24. The fraction of sp³-hybridized carbons (Fsp3) is 0.562. The molecule has 0 spiro atoms. The van der Waals surface area contributed by atoms with Crippen molar-refractivity contribution >= 4 is 5.69 Å². The first-order valence-corrected chi connectivity index (χ1v) is 7.17. The van der Waals surface area contributed by atoms with Crippen LogP contribution in [0.2, 0.25) is 0 Å². The minimum atomic E-state index is 0.805. The van der Waals surface area contributed by atoms with Gasteiger partial charge in [0.2, 0.25) is 0 Å². The molecule has 1 aromatic rings. The van der Waals surface area contributed by atoms with Crippen LogP contribution >= 0.6 is 0 Å². The van der Waals surface area contributed by atoms with Crippen molar-refractivity contribution in [3.63, 3.8) is 0 Å². The minimum Gasteiger partial charge on any atom is -0.370 e. The SMILES string of the molecule is CNCc1ccc(N2CCCC(C)CC2)c(C#N)c1. The average Bonchev–Trinajstić information content (AvgIpc) is 2.64. The molecule has 1 saturated heterocycles. The number of nitrogens with one attached hydrogen (secondary N) is 1.